The first-order chi connectivity index (χ1) is 10.1. The topological polar surface area (TPSA) is 77.8 Å². The molecule has 2 heterocycles. The van der Waals surface area contributed by atoms with Crippen molar-refractivity contribution >= 4 is 5.88 Å². The summed E-state index contributed by atoms with van der Waals surface area (Å²) < 4.78 is 45.0. The fourth-order valence-corrected chi connectivity index (χ4v) is 1.88. The van der Waals surface area contributed by atoms with Crippen molar-refractivity contribution in [2.24, 2.45) is 0 Å². The highest BCUT2D eigenvalue weighted by Gasteiger charge is 2.22. The maximum absolute atomic E-state index is 13.9. The molecule has 3 rings (SSSR count). The molecule has 0 aliphatic carbocycles. The van der Waals surface area contributed by atoms with E-state index in [1.54, 1.807) is 0 Å². The molecule has 0 saturated heterocycles. The van der Waals surface area contributed by atoms with E-state index in [0.29, 0.717) is 17.8 Å². The Balaban J connectivity index is 2.24. The molecule has 8 heteroatoms. The molecule has 3 aromatic rings. The molecule has 0 unspecified atom stereocenters. The zero-order valence-electron chi connectivity index (χ0n) is 10.3. The van der Waals surface area contributed by atoms with Gasteiger partial charge in [-0.25, -0.2) is 23.1 Å². The van der Waals surface area contributed by atoms with Gasteiger partial charge in [0.05, 0.1) is 11.3 Å². The van der Waals surface area contributed by atoms with Crippen LogP contribution >= 0.6 is 0 Å². The fourth-order valence-electron chi connectivity index (χ4n) is 1.88. The molecule has 1 aromatic carbocycles. The van der Waals surface area contributed by atoms with Crippen LogP contribution in [-0.2, 0) is 0 Å². The van der Waals surface area contributed by atoms with E-state index < -0.39 is 17.5 Å². The highest BCUT2D eigenvalue weighted by molar-refractivity contribution is 5.85. The lowest BCUT2D eigenvalue weighted by Crippen LogP contribution is -1.95. The van der Waals surface area contributed by atoms with Crippen LogP contribution in [0.2, 0.25) is 0 Å². The lowest BCUT2D eigenvalue weighted by molar-refractivity contribution is 0.438. The summed E-state index contributed by atoms with van der Waals surface area (Å²) in [4.78, 5) is 7.70. The first-order valence-corrected chi connectivity index (χ1v) is 5.74. The minimum Gasteiger partial charge on any atom is -0.367 e. The number of nitrogen functional groups attached to an aromatic ring is 1. The van der Waals surface area contributed by atoms with E-state index in [4.69, 9.17) is 10.3 Å². The smallest absolute Gasteiger partial charge is 0.232 e. The largest absolute Gasteiger partial charge is 0.367 e. The molecule has 0 aliphatic heterocycles. The molecule has 0 aliphatic rings. The lowest BCUT2D eigenvalue weighted by atomic mass is 10.0. The van der Waals surface area contributed by atoms with Gasteiger partial charge in [-0.05, 0) is 12.1 Å². The Morgan fingerprint density at radius 3 is 2.52 bits per heavy atom. The first kappa shape index (κ1) is 13.1. The summed E-state index contributed by atoms with van der Waals surface area (Å²) in [5, 5.41) is 3.60. The first-order valence-electron chi connectivity index (χ1n) is 5.74. The quantitative estimate of drug-likeness (QED) is 0.735. The molecule has 0 saturated carbocycles. The van der Waals surface area contributed by atoms with Crippen LogP contribution in [0.25, 0.3) is 22.5 Å². The maximum Gasteiger partial charge on any atom is 0.232 e. The molecule has 106 valence electrons. The average molecular weight is 292 g/mol. The Morgan fingerprint density at radius 1 is 1.05 bits per heavy atom. The third-order valence-corrected chi connectivity index (χ3v) is 2.82. The highest BCUT2D eigenvalue weighted by Crippen LogP contribution is 2.36. The zero-order chi connectivity index (χ0) is 15.0. The van der Waals surface area contributed by atoms with Gasteiger partial charge in [-0.3, -0.25) is 0 Å². The van der Waals surface area contributed by atoms with Crippen LogP contribution in [0, 0.1) is 17.5 Å². The minimum absolute atomic E-state index is 0.0670. The Kier molecular flexibility index (Phi) is 3.05. The molecule has 2 N–H and O–H groups in total. The summed E-state index contributed by atoms with van der Waals surface area (Å²) in [6.07, 6.45) is 2.70. The van der Waals surface area contributed by atoms with Crippen molar-refractivity contribution in [2.45, 2.75) is 0 Å². The summed E-state index contributed by atoms with van der Waals surface area (Å²) in [5.74, 6) is -3.61. The van der Waals surface area contributed by atoms with E-state index in [1.165, 1.54) is 18.6 Å². The SMILES string of the molecule is Nc1onc(-c2cc(F)c(F)cc2F)c1-c1ccncn1. The Morgan fingerprint density at radius 2 is 1.81 bits per heavy atom. The van der Waals surface area contributed by atoms with Crippen molar-refractivity contribution in [1.29, 1.82) is 0 Å². The third kappa shape index (κ3) is 2.20. The average Bonchev–Trinajstić information content (AvgIpc) is 2.85. The molecular formula is C13H7F3N4O. The van der Waals surface area contributed by atoms with Gasteiger partial charge in [-0.1, -0.05) is 5.16 Å². The van der Waals surface area contributed by atoms with E-state index in [9.17, 15) is 13.2 Å². The molecule has 0 spiro atoms. The third-order valence-electron chi connectivity index (χ3n) is 2.82. The van der Waals surface area contributed by atoms with Crippen LogP contribution < -0.4 is 5.73 Å². The molecule has 0 atom stereocenters. The summed E-state index contributed by atoms with van der Waals surface area (Å²) in [5.41, 5.74) is 5.81. The van der Waals surface area contributed by atoms with Gasteiger partial charge in [-0.15, -0.1) is 0 Å². The number of rotatable bonds is 2. The summed E-state index contributed by atoms with van der Waals surface area (Å²) >= 11 is 0. The number of nitrogens with zero attached hydrogens (tertiary/aromatic N) is 3. The van der Waals surface area contributed by atoms with Crippen molar-refractivity contribution in [3.05, 3.63) is 48.2 Å². The van der Waals surface area contributed by atoms with Crippen LogP contribution in [0.15, 0.2) is 35.2 Å². The van der Waals surface area contributed by atoms with Crippen LogP contribution in [-0.4, -0.2) is 15.1 Å². The van der Waals surface area contributed by atoms with E-state index >= 15 is 0 Å². The second kappa shape index (κ2) is 4.89. The van der Waals surface area contributed by atoms with Gasteiger partial charge in [0.2, 0.25) is 5.88 Å². The van der Waals surface area contributed by atoms with Gasteiger partial charge >= 0.3 is 0 Å². The second-order valence-corrected chi connectivity index (χ2v) is 4.11. The summed E-state index contributed by atoms with van der Waals surface area (Å²) in [7, 11) is 0. The Labute approximate surface area is 116 Å². The van der Waals surface area contributed by atoms with Crippen molar-refractivity contribution in [1.82, 2.24) is 15.1 Å². The Bertz CT molecular complexity index is 805. The van der Waals surface area contributed by atoms with Gasteiger partial charge in [0.25, 0.3) is 0 Å². The number of benzene rings is 1. The molecule has 21 heavy (non-hydrogen) atoms. The molecule has 0 radical (unpaired) electrons. The normalized spacial score (nSPS) is 10.8. The van der Waals surface area contributed by atoms with E-state index in [2.05, 4.69) is 15.1 Å². The summed E-state index contributed by atoms with van der Waals surface area (Å²) in [6, 6.07) is 2.62. The van der Waals surface area contributed by atoms with Crippen molar-refractivity contribution in [3.63, 3.8) is 0 Å². The van der Waals surface area contributed by atoms with E-state index in [0.717, 1.165) is 0 Å². The fraction of sp³-hybridized carbons (Fsp3) is 0. The number of anilines is 1. The zero-order valence-corrected chi connectivity index (χ0v) is 10.3. The minimum atomic E-state index is -1.30. The van der Waals surface area contributed by atoms with Gasteiger partial charge < -0.3 is 10.3 Å². The monoisotopic (exact) mass is 292 g/mol. The molecule has 0 bridgehead atoms. The van der Waals surface area contributed by atoms with Crippen molar-refractivity contribution < 1.29 is 17.7 Å². The van der Waals surface area contributed by atoms with Crippen molar-refractivity contribution in [3.8, 4) is 22.5 Å². The number of hydrogen-bond acceptors (Lipinski definition) is 5. The maximum atomic E-state index is 13.9. The van der Waals surface area contributed by atoms with Gasteiger partial charge in [-0.2, -0.15) is 0 Å². The number of nitrogens with two attached hydrogens (primary N) is 1. The number of halogens is 3. The van der Waals surface area contributed by atoms with Gasteiger partial charge in [0, 0.05) is 17.8 Å². The second-order valence-electron chi connectivity index (χ2n) is 4.11. The molecule has 0 fully saturated rings. The van der Waals surface area contributed by atoms with E-state index in [1.807, 2.05) is 0 Å². The standard InChI is InChI=1S/C13H7F3N4O/c14-7-4-9(16)8(15)3-6(7)12-11(13(17)21-20-12)10-1-2-18-5-19-10/h1-5H,17H2. The molecule has 2 aromatic heterocycles. The Hall–Kier alpha value is -2.90. The summed E-state index contributed by atoms with van der Waals surface area (Å²) in [6.45, 7) is 0. The van der Waals surface area contributed by atoms with Crippen molar-refractivity contribution in [2.75, 3.05) is 5.73 Å². The van der Waals surface area contributed by atoms with Crippen LogP contribution in [0.1, 0.15) is 0 Å². The van der Waals surface area contributed by atoms with Crippen LogP contribution in [0.4, 0.5) is 19.1 Å². The van der Waals surface area contributed by atoms with Gasteiger partial charge in [0.15, 0.2) is 11.6 Å². The number of aromatic nitrogens is 3. The lowest BCUT2D eigenvalue weighted by Gasteiger charge is -2.04. The highest BCUT2D eigenvalue weighted by atomic mass is 19.2. The van der Waals surface area contributed by atoms with E-state index in [-0.39, 0.29) is 22.7 Å². The molecular weight excluding hydrogens is 285 g/mol. The molecule has 0 amide bonds. The predicted octanol–water partition coefficient (Wildman–Crippen LogP) is 2.80. The predicted molar refractivity (Wildman–Crippen MR) is 67.3 cm³/mol. The number of hydrogen-bond donors (Lipinski definition) is 1. The van der Waals surface area contributed by atoms with Crippen LogP contribution in [0.5, 0.6) is 0 Å². The van der Waals surface area contributed by atoms with Crippen LogP contribution in [0.3, 0.4) is 0 Å². The molecule has 5 nitrogen and oxygen atoms in total. The van der Waals surface area contributed by atoms with Gasteiger partial charge in [0.1, 0.15) is 17.8 Å².